The molecule has 1 saturated heterocycles. The van der Waals surface area contributed by atoms with Gasteiger partial charge in [-0.3, -0.25) is 9.69 Å². The normalized spacial score (nSPS) is 23.1. The van der Waals surface area contributed by atoms with Gasteiger partial charge < -0.3 is 5.32 Å². The third-order valence-corrected chi connectivity index (χ3v) is 3.26. The van der Waals surface area contributed by atoms with E-state index in [0.29, 0.717) is 10.6 Å². The summed E-state index contributed by atoms with van der Waals surface area (Å²) in [7, 11) is 0. The minimum absolute atomic E-state index is 0.202. The van der Waals surface area contributed by atoms with Crippen LogP contribution in [0.5, 0.6) is 0 Å². The van der Waals surface area contributed by atoms with Gasteiger partial charge in [0.25, 0.3) is 5.91 Å². The summed E-state index contributed by atoms with van der Waals surface area (Å²) in [4.78, 5) is 25.2. The molecule has 1 heterocycles. The van der Waals surface area contributed by atoms with Gasteiger partial charge in [0, 0.05) is 11.6 Å². The molecule has 1 aliphatic heterocycles. The smallest absolute Gasteiger partial charge is 0.319 e. The number of amides is 3. The summed E-state index contributed by atoms with van der Waals surface area (Å²) >= 11 is 5.81. The van der Waals surface area contributed by atoms with Crippen molar-refractivity contribution in [2.45, 2.75) is 12.5 Å². The third kappa shape index (κ3) is 1.88. The molecule has 1 atom stereocenters. The number of hydrogen-bond acceptors (Lipinski definition) is 2. The quantitative estimate of drug-likeness (QED) is 0.673. The van der Waals surface area contributed by atoms with Crippen molar-refractivity contribution in [1.82, 2.24) is 10.2 Å². The monoisotopic (exact) mass is 264 g/mol. The first-order chi connectivity index (χ1) is 8.49. The zero-order valence-corrected chi connectivity index (χ0v) is 10.7. The number of imide groups is 1. The van der Waals surface area contributed by atoms with E-state index in [1.807, 2.05) is 0 Å². The van der Waals surface area contributed by atoms with Crippen molar-refractivity contribution in [2.24, 2.45) is 0 Å². The summed E-state index contributed by atoms with van der Waals surface area (Å²) in [5.41, 5.74) is -0.332. The molecule has 94 valence electrons. The predicted molar refractivity (Wildman–Crippen MR) is 69.2 cm³/mol. The zero-order chi connectivity index (χ0) is 13.3. The van der Waals surface area contributed by atoms with E-state index < -0.39 is 11.6 Å². The number of benzene rings is 1. The van der Waals surface area contributed by atoms with Crippen LogP contribution >= 0.6 is 11.6 Å². The molecule has 0 radical (unpaired) electrons. The Labute approximate surface area is 110 Å². The molecule has 1 aromatic rings. The minimum atomic E-state index is -1.04. The summed E-state index contributed by atoms with van der Waals surface area (Å²) in [6.07, 6.45) is 1.52. The first kappa shape index (κ1) is 12.6. The zero-order valence-electron chi connectivity index (χ0n) is 9.94. The van der Waals surface area contributed by atoms with Crippen LogP contribution in [0.2, 0.25) is 5.02 Å². The number of rotatable bonds is 3. The van der Waals surface area contributed by atoms with Gasteiger partial charge in [0.15, 0.2) is 0 Å². The molecule has 1 aromatic carbocycles. The van der Waals surface area contributed by atoms with Gasteiger partial charge in [0.2, 0.25) is 0 Å². The second kappa shape index (κ2) is 4.46. The summed E-state index contributed by atoms with van der Waals surface area (Å²) in [6.45, 7) is 5.42. The Morgan fingerprint density at radius 2 is 2.00 bits per heavy atom. The maximum atomic E-state index is 12.3. The van der Waals surface area contributed by atoms with Crippen molar-refractivity contribution in [2.75, 3.05) is 6.54 Å². The Morgan fingerprint density at radius 1 is 1.39 bits per heavy atom. The Bertz CT molecular complexity index is 512. The second-order valence-corrected chi connectivity index (χ2v) is 4.70. The highest BCUT2D eigenvalue weighted by Gasteiger charge is 2.48. The van der Waals surface area contributed by atoms with Crippen molar-refractivity contribution in [1.29, 1.82) is 0 Å². The van der Waals surface area contributed by atoms with Crippen LogP contribution in [0.1, 0.15) is 12.5 Å². The average molecular weight is 265 g/mol. The van der Waals surface area contributed by atoms with Crippen molar-refractivity contribution in [3.05, 3.63) is 47.5 Å². The highest BCUT2D eigenvalue weighted by Crippen LogP contribution is 2.29. The SMILES string of the molecule is C=CCN1C(=O)NC(C)(c2ccc(Cl)cc2)C1=O. The lowest BCUT2D eigenvalue weighted by Gasteiger charge is -2.22. The van der Waals surface area contributed by atoms with Crippen LogP contribution in [-0.4, -0.2) is 23.4 Å². The maximum absolute atomic E-state index is 12.3. The highest BCUT2D eigenvalue weighted by atomic mass is 35.5. The number of carbonyl (C=O) groups is 2. The van der Waals surface area contributed by atoms with Gasteiger partial charge in [0.05, 0.1) is 0 Å². The lowest BCUT2D eigenvalue weighted by Crippen LogP contribution is -2.40. The molecule has 0 aliphatic carbocycles. The van der Waals surface area contributed by atoms with Crippen LogP contribution < -0.4 is 5.32 Å². The number of nitrogens with zero attached hydrogens (tertiary/aromatic N) is 1. The Balaban J connectivity index is 2.38. The lowest BCUT2D eigenvalue weighted by molar-refractivity contribution is -0.130. The summed E-state index contributed by atoms with van der Waals surface area (Å²) < 4.78 is 0. The number of urea groups is 1. The van der Waals surface area contributed by atoms with E-state index in [4.69, 9.17) is 11.6 Å². The molecule has 3 amide bonds. The molecule has 1 unspecified atom stereocenters. The van der Waals surface area contributed by atoms with E-state index >= 15 is 0 Å². The van der Waals surface area contributed by atoms with Gasteiger partial charge in [0.1, 0.15) is 5.54 Å². The Hall–Kier alpha value is -1.81. The second-order valence-electron chi connectivity index (χ2n) is 4.27. The van der Waals surface area contributed by atoms with E-state index in [2.05, 4.69) is 11.9 Å². The van der Waals surface area contributed by atoms with Crippen LogP contribution in [0.4, 0.5) is 4.79 Å². The highest BCUT2D eigenvalue weighted by molar-refractivity contribution is 6.30. The van der Waals surface area contributed by atoms with E-state index in [-0.39, 0.29) is 12.5 Å². The van der Waals surface area contributed by atoms with Crippen molar-refractivity contribution in [3.8, 4) is 0 Å². The lowest BCUT2D eigenvalue weighted by atomic mass is 9.92. The third-order valence-electron chi connectivity index (χ3n) is 3.01. The maximum Gasteiger partial charge on any atom is 0.325 e. The number of halogens is 1. The molecule has 0 aromatic heterocycles. The molecule has 1 N–H and O–H groups in total. The fourth-order valence-corrected chi connectivity index (χ4v) is 2.10. The van der Waals surface area contributed by atoms with E-state index in [0.717, 1.165) is 4.90 Å². The number of hydrogen-bond donors (Lipinski definition) is 1. The minimum Gasteiger partial charge on any atom is -0.319 e. The molecule has 0 saturated carbocycles. The van der Waals surface area contributed by atoms with Crippen molar-refractivity contribution >= 4 is 23.5 Å². The molecule has 1 fully saturated rings. The summed E-state index contributed by atoms with van der Waals surface area (Å²) in [5, 5.41) is 3.28. The Morgan fingerprint density at radius 3 is 2.56 bits per heavy atom. The summed E-state index contributed by atoms with van der Waals surface area (Å²) in [6, 6.07) is 6.45. The number of carbonyl (C=O) groups excluding carboxylic acids is 2. The van der Waals surface area contributed by atoms with Crippen molar-refractivity contribution in [3.63, 3.8) is 0 Å². The van der Waals surface area contributed by atoms with Gasteiger partial charge >= 0.3 is 6.03 Å². The predicted octanol–water partition coefficient (Wildman–Crippen LogP) is 2.29. The number of nitrogens with one attached hydrogen (secondary N) is 1. The van der Waals surface area contributed by atoms with Gasteiger partial charge in [-0.25, -0.2) is 4.79 Å². The first-order valence-electron chi connectivity index (χ1n) is 5.50. The van der Waals surface area contributed by atoms with Gasteiger partial charge in [-0.05, 0) is 24.6 Å². The van der Waals surface area contributed by atoms with Gasteiger partial charge in [-0.1, -0.05) is 29.8 Å². The fourth-order valence-electron chi connectivity index (χ4n) is 1.97. The first-order valence-corrected chi connectivity index (χ1v) is 5.88. The summed E-state index contributed by atoms with van der Waals surface area (Å²) in [5.74, 6) is -0.283. The van der Waals surface area contributed by atoms with Crippen LogP contribution in [0, 0.1) is 0 Å². The van der Waals surface area contributed by atoms with Crippen LogP contribution in [0.3, 0.4) is 0 Å². The molecule has 0 bridgehead atoms. The average Bonchev–Trinajstić information content (AvgIpc) is 2.55. The molecule has 18 heavy (non-hydrogen) atoms. The molecule has 2 rings (SSSR count). The standard InChI is InChI=1S/C13H13ClN2O2/c1-3-8-16-11(17)13(2,15-12(16)18)9-4-6-10(14)7-5-9/h3-7H,1,8H2,2H3,(H,15,18). The molecule has 4 nitrogen and oxygen atoms in total. The molecular formula is C13H13ClN2O2. The van der Waals surface area contributed by atoms with Crippen LogP contribution in [0.25, 0.3) is 0 Å². The Kier molecular flexibility index (Phi) is 3.13. The molecule has 1 aliphatic rings. The molecule has 5 heteroatoms. The largest absolute Gasteiger partial charge is 0.325 e. The van der Waals surface area contributed by atoms with Crippen molar-refractivity contribution < 1.29 is 9.59 Å². The van der Waals surface area contributed by atoms with Gasteiger partial charge in [-0.15, -0.1) is 6.58 Å². The van der Waals surface area contributed by atoms with E-state index in [1.165, 1.54) is 6.08 Å². The molecular weight excluding hydrogens is 252 g/mol. The van der Waals surface area contributed by atoms with Crippen LogP contribution in [-0.2, 0) is 10.3 Å². The fraction of sp³-hybridized carbons (Fsp3) is 0.231. The molecule has 0 spiro atoms. The van der Waals surface area contributed by atoms with E-state index in [1.54, 1.807) is 31.2 Å². The van der Waals surface area contributed by atoms with E-state index in [9.17, 15) is 9.59 Å². The van der Waals surface area contributed by atoms with Gasteiger partial charge in [-0.2, -0.15) is 0 Å². The topological polar surface area (TPSA) is 49.4 Å². The van der Waals surface area contributed by atoms with Crippen LogP contribution in [0.15, 0.2) is 36.9 Å².